The maximum Gasteiger partial charge on any atom is 0.508 e. The molecule has 0 bridgehead atoms. The first-order valence-electron chi connectivity index (χ1n) is 5.97. The molecule has 0 amide bonds. The van der Waals surface area contributed by atoms with Crippen molar-refractivity contribution in [2.75, 3.05) is 13.2 Å². The van der Waals surface area contributed by atoms with Crippen LogP contribution >= 0.6 is 0 Å². The van der Waals surface area contributed by atoms with E-state index < -0.39 is 30.1 Å². The van der Waals surface area contributed by atoms with Crippen LogP contribution in [0.2, 0.25) is 0 Å². The van der Waals surface area contributed by atoms with Gasteiger partial charge < -0.3 is 24.1 Å². The zero-order chi connectivity index (χ0) is 15.1. The maximum absolute atomic E-state index is 11.2. The molecule has 0 aliphatic heterocycles. The van der Waals surface area contributed by atoms with Crippen molar-refractivity contribution >= 4 is 12.3 Å². The van der Waals surface area contributed by atoms with Crippen LogP contribution < -0.4 is 0 Å². The van der Waals surface area contributed by atoms with Crippen LogP contribution in [0.1, 0.15) is 34.6 Å². The van der Waals surface area contributed by atoms with Crippen molar-refractivity contribution in [1.29, 1.82) is 0 Å². The highest BCUT2D eigenvalue weighted by Crippen LogP contribution is 2.08. The fraction of sp³-hybridized carbons (Fsp3) is 0.833. The molecule has 0 radical (unpaired) electrons. The lowest BCUT2D eigenvalue weighted by Crippen LogP contribution is -2.28. The van der Waals surface area contributed by atoms with Crippen molar-refractivity contribution in [1.82, 2.24) is 0 Å². The molecule has 1 N–H and O–H groups in total. The van der Waals surface area contributed by atoms with Gasteiger partial charge in [-0.2, -0.15) is 0 Å². The molecule has 19 heavy (non-hydrogen) atoms. The molecule has 2 atom stereocenters. The van der Waals surface area contributed by atoms with E-state index in [1.54, 1.807) is 20.8 Å². The summed E-state index contributed by atoms with van der Waals surface area (Å²) in [5, 5.41) is 8.90. The van der Waals surface area contributed by atoms with Gasteiger partial charge in [0, 0.05) is 0 Å². The van der Waals surface area contributed by atoms with Gasteiger partial charge >= 0.3 is 12.3 Å². The van der Waals surface area contributed by atoms with Crippen LogP contribution in [0.4, 0.5) is 9.59 Å². The SMILES string of the molecule is CC(O)COC(=O)OC(C)COC(=O)OC(C)(C)C. The summed E-state index contributed by atoms with van der Waals surface area (Å²) in [6.45, 7) is 7.85. The summed E-state index contributed by atoms with van der Waals surface area (Å²) in [6, 6.07) is 0. The normalized spacial score (nSPS) is 14.2. The van der Waals surface area contributed by atoms with Crippen molar-refractivity contribution < 1.29 is 33.6 Å². The molecule has 2 unspecified atom stereocenters. The number of aliphatic hydroxyl groups is 1. The lowest BCUT2D eigenvalue weighted by molar-refractivity contribution is -0.0390. The van der Waals surface area contributed by atoms with E-state index in [9.17, 15) is 9.59 Å². The molecule has 0 fully saturated rings. The first-order chi connectivity index (χ1) is 8.60. The Morgan fingerprint density at radius 2 is 1.58 bits per heavy atom. The average Bonchev–Trinajstić information content (AvgIpc) is 2.21. The van der Waals surface area contributed by atoms with Crippen LogP contribution in [0, 0.1) is 0 Å². The third kappa shape index (κ3) is 11.3. The van der Waals surface area contributed by atoms with E-state index >= 15 is 0 Å². The number of carbonyl (C=O) groups is 2. The zero-order valence-corrected chi connectivity index (χ0v) is 12.0. The lowest BCUT2D eigenvalue weighted by atomic mass is 10.2. The van der Waals surface area contributed by atoms with Crippen LogP contribution in [-0.4, -0.2) is 48.4 Å². The van der Waals surface area contributed by atoms with Gasteiger partial charge in [-0.15, -0.1) is 0 Å². The maximum atomic E-state index is 11.2. The molecule has 7 nitrogen and oxygen atoms in total. The van der Waals surface area contributed by atoms with Gasteiger partial charge in [0.15, 0.2) is 0 Å². The summed E-state index contributed by atoms with van der Waals surface area (Å²) in [7, 11) is 0. The second-order valence-corrected chi connectivity index (χ2v) is 5.11. The largest absolute Gasteiger partial charge is 0.508 e. The van der Waals surface area contributed by atoms with Crippen molar-refractivity contribution in [2.45, 2.75) is 52.4 Å². The molecule has 0 saturated carbocycles. The van der Waals surface area contributed by atoms with Crippen LogP contribution in [-0.2, 0) is 18.9 Å². The number of rotatable bonds is 5. The molecule has 0 rings (SSSR count). The molecule has 0 aliphatic carbocycles. The molecule has 0 aromatic carbocycles. The highest BCUT2D eigenvalue weighted by Gasteiger charge is 2.19. The number of aliphatic hydroxyl groups excluding tert-OH is 1. The van der Waals surface area contributed by atoms with Gasteiger partial charge in [-0.3, -0.25) is 0 Å². The number of hydrogen-bond donors (Lipinski definition) is 1. The predicted molar refractivity (Wildman–Crippen MR) is 65.8 cm³/mol. The summed E-state index contributed by atoms with van der Waals surface area (Å²) in [6.07, 6.45) is -3.20. The molecular weight excluding hydrogens is 256 g/mol. The highest BCUT2D eigenvalue weighted by molar-refractivity contribution is 5.61. The smallest absolute Gasteiger partial charge is 0.432 e. The molecule has 0 spiro atoms. The quantitative estimate of drug-likeness (QED) is 0.767. The molecule has 112 valence electrons. The predicted octanol–water partition coefficient (Wildman–Crippen LogP) is 1.86. The highest BCUT2D eigenvalue weighted by atomic mass is 16.8. The number of hydrogen-bond acceptors (Lipinski definition) is 7. The van der Waals surface area contributed by atoms with E-state index in [4.69, 9.17) is 19.3 Å². The Labute approximate surface area is 112 Å². The molecule has 0 aromatic rings. The summed E-state index contributed by atoms with van der Waals surface area (Å²) < 4.78 is 19.0. The minimum Gasteiger partial charge on any atom is -0.432 e. The van der Waals surface area contributed by atoms with E-state index in [0.29, 0.717) is 0 Å². The Bertz CT molecular complexity index is 293. The fourth-order valence-corrected chi connectivity index (χ4v) is 0.886. The Morgan fingerprint density at radius 3 is 2.05 bits per heavy atom. The van der Waals surface area contributed by atoms with Crippen LogP contribution in [0.25, 0.3) is 0 Å². The standard InChI is InChI=1S/C12H22O7/c1-8(13)6-16-10(14)18-9(2)7-17-11(15)19-12(3,4)5/h8-9,13H,6-7H2,1-5H3. The van der Waals surface area contributed by atoms with E-state index in [1.807, 2.05) is 0 Å². The topological polar surface area (TPSA) is 91.3 Å². The van der Waals surface area contributed by atoms with Crippen LogP contribution in [0.5, 0.6) is 0 Å². The van der Waals surface area contributed by atoms with Gasteiger partial charge in [-0.1, -0.05) is 0 Å². The first-order valence-corrected chi connectivity index (χ1v) is 5.97. The second kappa shape index (κ2) is 7.83. The van der Waals surface area contributed by atoms with Gasteiger partial charge in [0.2, 0.25) is 0 Å². The molecule has 0 saturated heterocycles. The van der Waals surface area contributed by atoms with Gasteiger partial charge in [-0.25, -0.2) is 9.59 Å². The molecule has 7 heteroatoms. The molecular formula is C12H22O7. The van der Waals surface area contributed by atoms with E-state index in [1.165, 1.54) is 13.8 Å². The van der Waals surface area contributed by atoms with Gasteiger partial charge in [0.1, 0.15) is 24.9 Å². The first kappa shape index (κ1) is 17.5. The summed E-state index contributed by atoms with van der Waals surface area (Å²) >= 11 is 0. The van der Waals surface area contributed by atoms with Crippen LogP contribution in [0.15, 0.2) is 0 Å². The monoisotopic (exact) mass is 278 g/mol. The molecule has 0 heterocycles. The summed E-state index contributed by atoms with van der Waals surface area (Å²) in [5.74, 6) is 0. The van der Waals surface area contributed by atoms with Gasteiger partial charge in [-0.05, 0) is 34.6 Å². The third-order valence-electron chi connectivity index (χ3n) is 1.57. The summed E-state index contributed by atoms with van der Waals surface area (Å²) in [5.41, 5.74) is -0.641. The van der Waals surface area contributed by atoms with Crippen molar-refractivity contribution in [3.05, 3.63) is 0 Å². The van der Waals surface area contributed by atoms with E-state index in [-0.39, 0.29) is 13.2 Å². The molecule has 0 aliphatic rings. The lowest BCUT2D eigenvalue weighted by Gasteiger charge is -2.20. The second-order valence-electron chi connectivity index (χ2n) is 5.11. The van der Waals surface area contributed by atoms with E-state index in [0.717, 1.165) is 0 Å². The van der Waals surface area contributed by atoms with Gasteiger partial charge in [0.25, 0.3) is 0 Å². The minimum atomic E-state index is -0.929. The number of carbonyl (C=O) groups excluding carboxylic acids is 2. The molecule has 0 aromatic heterocycles. The Hall–Kier alpha value is -1.50. The van der Waals surface area contributed by atoms with Crippen LogP contribution in [0.3, 0.4) is 0 Å². The summed E-state index contributed by atoms with van der Waals surface area (Å²) in [4.78, 5) is 22.3. The number of ether oxygens (including phenoxy) is 4. The van der Waals surface area contributed by atoms with Crippen molar-refractivity contribution in [3.8, 4) is 0 Å². The van der Waals surface area contributed by atoms with Gasteiger partial charge in [0.05, 0.1) is 6.10 Å². The third-order valence-corrected chi connectivity index (χ3v) is 1.57. The Balaban J connectivity index is 3.83. The van der Waals surface area contributed by atoms with E-state index in [2.05, 4.69) is 4.74 Å². The minimum absolute atomic E-state index is 0.140. The fourth-order valence-electron chi connectivity index (χ4n) is 0.886. The van der Waals surface area contributed by atoms with Crippen molar-refractivity contribution in [3.63, 3.8) is 0 Å². The van der Waals surface area contributed by atoms with Crippen molar-refractivity contribution in [2.24, 2.45) is 0 Å². The average molecular weight is 278 g/mol. The Kier molecular flexibility index (Phi) is 7.21. The Morgan fingerprint density at radius 1 is 1.05 bits per heavy atom. The zero-order valence-electron chi connectivity index (χ0n) is 12.0.